The molecular formula is C25H38O6. The fraction of sp³-hybridized carbons (Fsp3) is 0.880. The zero-order chi connectivity index (χ0) is 22.5. The molecule has 0 saturated heterocycles. The summed E-state index contributed by atoms with van der Waals surface area (Å²) in [6.45, 7) is 6.44. The Morgan fingerprint density at radius 3 is 2.52 bits per heavy atom. The topological polar surface area (TPSA) is 96.2 Å². The van der Waals surface area contributed by atoms with Gasteiger partial charge in [0.1, 0.15) is 0 Å². The largest absolute Gasteiger partial charge is 0.472 e. The molecule has 6 heteroatoms. The number of fused-ring (bicyclic) bond motifs is 5. The predicted molar refractivity (Wildman–Crippen MR) is 115 cm³/mol. The molecule has 0 radical (unpaired) electrons. The van der Waals surface area contributed by atoms with Gasteiger partial charge in [-0.1, -0.05) is 26.7 Å². The van der Waals surface area contributed by atoms with E-state index in [1.54, 1.807) is 6.92 Å². The van der Waals surface area contributed by atoms with Crippen molar-refractivity contribution in [3.8, 4) is 11.8 Å². The molecule has 8 atom stereocenters. The Bertz CT molecular complexity index is 772. The van der Waals surface area contributed by atoms with Gasteiger partial charge < -0.3 is 24.8 Å². The molecule has 0 aromatic rings. The molecule has 3 unspecified atom stereocenters. The predicted octanol–water partition coefficient (Wildman–Crippen LogP) is 3.69. The Labute approximate surface area is 185 Å². The SMILES string of the molecule is CCOC(C#CC(=O)O)OC1(O)CC[C@@]2(O)[C@@H]3CCC4CCCC[C@]4(C)[C@@H]3CC[C@]12C. The van der Waals surface area contributed by atoms with Crippen LogP contribution < -0.4 is 0 Å². The Morgan fingerprint density at radius 2 is 1.81 bits per heavy atom. The summed E-state index contributed by atoms with van der Waals surface area (Å²) in [5.41, 5.74) is -1.58. The van der Waals surface area contributed by atoms with Crippen molar-refractivity contribution in [3.05, 3.63) is 0 Å². The minimum atomic E-state index is -1.61. The third-order valence-electron chi connectivity index (χ3n) is 9.76. The van der Waals surface area contributed by atoms with E-state index in [0.717, 1.165) is 25.2 Å². The van der Waals surface area contributed by atoms with Crippen LogP contribution in [0.4, 0.5) is 0 Å². The van der Waals surface area contributed by atoms with E-state index in [4.69, 9.17) is 14.6 Å². The molecule has 4 aliphatic carbocycles. The maximum atomic E-state index is 12.2. The fourth-order valence-corrected chi connectivity index (χ4v) is 7.98. The Kier molecular flexibility index (Phi) is 5.96. The monoisotopic (exact) mass is 434 g/mol. The van der Waals surface area contributed by atoms with Crippen LogP contribution in [0.1, 0.15) is 85.0 Å². The summed E-state index contributed by atoms with van der Waals surface area (Å²) in [6.07, 6.45) is 8.58. The van der Waals surface area contributed by atoms with Gasteiger partial charge in [0.15, 0.2) is 5.79 Å². The van der Waals surface area contributed by atoms with Crippen molar-refractivity contribution in [1.29, 1.82) is 0 Å². The maximum absolute atomic E-state index is 12.2. The number of hydrogen-bond donors (Lipinski definition) is 3. The number of carbonyl (C=O) groups is 1. The summed E-state index contributed by atoms with van der Waals surface area (Å²) in [7, 11) is 0. The Balaban J connectivity index is 1.61. The van der Waals surface area contributed by atoms with Crippen LogP contribution in [0.15, 0.2) is 0 Å². The van der Waals surface area contributed by atoms with E-state index in [2.05, 4.69) is 12.8 Å². The van der Waals surface area contributed by atoms with Crippen molar-refractivity contribution in [2.45, 2.75) is 103 Å². The highest BCUT2D eigenvalue weighted by Crippen LogP contribution is 2.70. The number of aliphatic hydroxyl groups is 2. The first-order valence-electron chi connectivity index (χ1n) is 12.1. The van der Waals surface area contributed by atoms with Crippen LogP contribution >= 0.6 is 0 Å². The zero-order valence-electron chi connectivity index (χ0n) is 19.2. The number of carboxylic acid groups (broad SMARTS) is 1. The zero-order valence-corrected chi connectivity index (χ0v) is 19.2. The molecule has 0 spiro atoms. The van der Waals surface area contributed by atoms with Gasteiger partial charge in [-0.15, -0.1) is 0 Å². The quantitative estimate of drug-likeness (QED) is 0.461. The van der Waals surface area contributed by atoms with Crippen LogP contribution in [0.25, 0.3) is 0 Å². The van der Waals surface area contributed by atoms with Gasteiger partial charge in [0, 0.05) is 18.9 Å². The molecular weight excluding hydrogens is 396 g/mol. The Morgan fingerprint density at radius 1 is 1.03 bits per heavy atom. The smallest absolute Gasteiger partial charge is 0.382 e. The summed E-state index contributed by atoms with van der Waals surface area (Å²) < 4.78 is 11.4. The molecule has 0 aromatic heterocycles. The summed E-state index contributed by atoms with van der Waals surface area (Å²) in [5.74, 6) is 3.00. The first-order valence-corrected chi connectivity index (χ1v) is 12.1. The third kappa shape index (κ3) is 3.44. The van der Waals surface area contributed by atoms with Crippen molar-refractivity contribution < 1.29 is 29.6 Å². The van der Waals surface area contributed by atoms with Gasteiger partial charge in [0.05, 0.1) is 11.0 Å². The van der Waals surface area contributed by atoms with E-state index in [1.807, 2.05) is 12.8 Å². The lowest BCUT2D eigenvalue weighted by molar-refractivity contribution is -0.343. The van der Waals surface area contributed by atoms with Gasteiger partial charge in [-0.05, 0) is 81.0 Å². The maximum Gasteiger partial charge on any atom is 0.382 e. The second kappa shape index (κ2) is 8.02. The molecule has 4 saturated carbocycles. The number of rotatable bonds is 4. The molecule has 0 aromatic carbocycles. The Hall–Kier alpha value is -1.13. The second-order valence-electron chi connectivity index (χ2n) is 10.8. The van der Waals surface area contributed by atoms with Gasteiger partial charge in [-0.2, -0.15) is 0 Å². The third-order valence-corrected chi connectivity index (χ3v) is 9.76. The normalized spacial score (nSPS) is 47.3. The average Bonchev–Trinajstić information content (AvgIpc) is 2.93. The molecule has 174 valence electrons. The van der Waals surface area contributed by atoms with Crippen molar-refractivity contribution in [3.63, 3.8) is 0 Å². The van der Waals surface area contributed by atoms with Gasteiger partial charge in [-0.3, -0.25) is 0 Å². The van der Waals surface area contributed by atoms with Crippen molar-refractivity contribution in [2.24, 2.45) is 28.6 Å². The van der Waals surface area contributed by atoms with Gasteiger partial charge in [0.25, 0.3) is 0 Å². The van der Waals surface area contributed by atoms with E-state index in [0.29, 0.717) is 25.2 Å². The molecule has 3 N–H and O–H groups in total. The van der Waals surface area contributed by atoms with Crippen LogP contribution in [-0.4, -0.2) is 45.6 Å². The highest BCUT2D eigenvalue weighted by atomic mass is 16.7. The highest BCUT2D eigenvalue weighted by molar-refractivity contribution is 5.86. The van der Waals surface area contributed by atoms with Crippen LogP contribution in [0.3, 0.4) is 0 Å². The van der Waals surface area contributed by atoms with E-state index >= 15 is 0 Å². The number of aliphatic carboxylic acids is 1. The molecule has 4 rings (SSSR count). The average molecular weight is 435 g/mol. The first-order chi connectivity index (χ1) is 14.6. The summed E-state index contributed by atoms with van der Waals surface area (Å²) >= 11 is 0. The van der Waals surface area contributed by atoms with E-state index in [9.17, 15) is 15.0 Å². The molecule has 6 nitrogen and oxygen atoms in total. The lowest BCUT2D eigenvalue weighted by Gasteiger charge is -2.63. The summed E-state index contributed by atoms with van der Waals surface area (Å²) in [5, 5.41) is 32.7. The fourth-order valence-electron chi connectivity index (χ4n) is 7.98. The number of carboxylic acids is 1. The molecule has 0 heterocycles. The molecule has 4 aliphatic rings. The molecule has 0 aliphatic heterocycles. The van der Waals surface area contributed by atoms with Gasteiger partial charge in [-0.25, -0.2) is 4.79 Å². The number of hydrogen-bond acceptors (Lipinski definition) is 5. The lowest BCUT2D eigenvalue weighted by Crippen LogP contribution is -2.65. The van der Waals surface area contributed by atoms with Crippen molar-refractivity contribution in [1.82, 2.24) is 0 Å². The van der Waals surface area contributed by atoms with Gasteiger partial charge in [0.2, 0.25) is 6.29 Å². The minimum Gasteiger partial charge on any atom is -0.472 e. The minimum absolute atomic E-state index is 0.152. The van der Waals surface area contributed by atoms with E-state index < -0.39 is 29.1 Å². The van der Waals surface area contributed by atoms with Crippen LogP contribution in [-0.2, 0) is 14.3 Å². The second-order valence-corrected chi connectivity index (χ2v) is 10.8. The molecule has 0 bridgehead atoms. The standard InChI is InChI=1S/C25H38O6/c1-4-30-21(11-10-20(26)27)31-25(29)16-15-24(28)19-9-8-17-7-5-6-13-22(17,2)18(19)12-14-23(24,25)3/h17-19,21,28-29H,4-9,12-16H2,1-3H3,(H,26,27)/t17?,18-,19-,21?,22+,23+,24-,25?/m1/s1. The molecule has 0 amide bonds. The van der Waals surface area contributed by atoms with Crippen LogP contribution in [0.2, 0.25) is 0 Å². The van der Waals surface area contributed by atoms with Crippen molar-refractivity contribution in [2.75, 3.05) is 6.61 Å². The van der Waals surface area contributed by atoms with E-state index in [-0.39, 0.29) is 17.9 Å². The molecule has 4 fully saturated rings. The van der Waals surface area contributed by atoms with E-state index in [1.165, 1.54) is 25.7 Å². The first kappa shape index (κ1) is 23.0. The highest BCUT2D eigenvalue weighted by Gasteiger charge is 2.72. The van der Waals surface area contributed by atoms with Crippen molar-refractivity contribution >= 4 is 5.97 Å². The summed E-state index contributed by atoms with van der Waals surface area (Å²) in [4.78, 5) is 10.9. The molecule has 31 heavy (non-hydrogen) atoms. The van der Waals surface area contributed by atoms with Crippen LogP contribution in [0, 0.1) is 40.4 Å². The van der Waals surface area contributed by atoms with Gasteiger partial charge >= 0.3 is 5.97 Å². The number of ether oxygens (including phenoxy) is 2. The van der Waals surface area contributed by atoms with Crippen LogP contribution in [0.5, 0.6) is 0 Å². The summed E-state index contributed by atoms with van der Waals surface area (Å²) in [6, 6.07) is 0. The lowest BCUT2D eigenvalue weighted by atomic mass is 9.43.